The van der Waals surface area contributed by atoms with Gasteiger partial charge in [0.1, 0.15) is 13.2 Å². The van der Waals surface area contributed by atoms with Crippen molar-refractivity contribution in [3.05, 3.63) is 23.8 Å². The van der Waals surface area contributed by atoms with Crippen LogP contribution < -0.4 is 14.8 Å². The lowest BCUT2D eigenvalue weighted by atomic mass is 9.86. The average Bonchev–Trinajstić information content (AvgIpc) is 2.59. The largest absolute Gasteiger partial charge is 0.486 e. The molecule has 0 aromatic heterocycles. The molecule has 0 radical (unpaired) electrons. The molecular formula is C18H25NO3. The van der Waals surface area contributed by atoms with E-state index in [0.717, 1.165) is 24.6 Å². The Balaban J connectivity index is 1.43. The number of benzene rings is 1. The highest BCUT2D eigenvalue weighted by atomic mass is 16.6. The minimum Gasteiger partial charge on any atom is -0.486 e. The molecule has 2 aliphatic rings. The third-order valence-corrected chi connectivity index (χ3v) is 4.60. The van der Waals surface area contributed by atoms with E-state index in [-0.39, 0.29) is 5.91 Å². The molecule has 0 unspecified atom stereocenters. The van der Waals surface area contributed by atoms with Crippen LogP contribution in [0.3, 0.4) is 0 Å². The van der Waals surface area contributed by atoms with Crippen molar-refractivity contribution >= 4 is 5.91 Å². The smallest absolute Gasteiger partial charge is 0.251 e. The first-order valence-electron chi connectivity index (χ1n) is 8.51. The minimum absolute atomic E-state index is 0.0272. The number of nitrogens with one attached hydrogen (secondary N) is 1. The van der Waals surface area contributed by atoms with Gasteiger partial charge in [-0.05, 0) is 37.0 Å². The van der Waals surface area contributed by atoms with Crippen LogP contribution in [0.4, 0.5) is 0 Å². The fraction of sp³-hybridized carbons (Fsp3) is 0.611. The number of ether oxygens (including phenoxy) is 2. The number of carbonyl (C=O) groups excluding carboxylic acids is 1. The van der Waals surface area contributed by atoms with Crippen LogP contribution in [0.1, 0.15) is 55.3 Å². The molecule has 1 heterocycles. The molecule has 1 aromatic carbocycles. The van der Waals surface area contributed by atoms with Crippen LogP contribution in [0.5, 0.6) is 11.5 Å². The van der Waals surface area contributed by atoms with Crippen LogP contribution in [0.25, 0.3) is 0 Å². The minimum atomic E-state index is -0.0272. The molecule has 22 heavy (non-hydrogen) atoms. The molecule has 0 saturated heterocycles. The van der Waals surface area contributed by atoms with Gasteiger partial charge in [0.25, 0.3) is 5.91 Å². The summed E-state index contributed by atoms with van der Waals surface area (Å²) >= 11 is 0. The van der Waals surface area contributed by atoms with Crippen LogP contribution in [0.2, 0.25) is 0 Å². The van der Waals surface area contributed by atoms with Crippen molar-refractivity contribution in [1.82, 2.24) is 5.32 Å². The molecule has 1 saturated carbocycles. The van der Waals surface area contributed by atoms with Gasteiger partial charge in [-0.25, -0.2) is 0 Å². The number of fused-ring (bicyclic) bond motifs is 1. The molecule has 0 atom stereocenters. The predicted molar refractivity (Wildman–Crippen MR) is 85.6 cm³/mol. The van der Waals surface area contributed by atoms with E-state index in [9.17, 15) is 4.79 Å². The van der Waals surface area contributed by atoms with E-state index in [1.165, 1.54) is 38.5 Å². The molecule has 120 valence electrons. The first-order chi connectivity index (χ1) is 10.8. The summed E-state index contributed by atoms with van der Waals surface area (Å²) in [4.78, 5) is 12.2. The molecule has 1 aliphatic carbocycles. The van der Waals surface area contributed by atoms with E-state index in [2.05, 4.69) is 5.32 Å². The Morgan fingerprint density at radius 1 is 1.09 bits per heavy atom. The molecule has 0 spiro atoms. The van der Waals surface area contributed by atoms with Gasteiger partial charge < -0.3 is 14.8 Å². The summed E-state index contributed by atoms with van der Waals surface area (Å²) in [7, 11) is 0. The highest BCUT2D eigenvalue weighted by Crippen LogP contribution is 2.30. The molecule has 4 nitrogen and oxygen atoms in total. The third-order valence-electron chi connectivity index (χ3n) is 4.60. The number of hydrogen-bond donors (Lipinski definition) is 1. The number of rotatable bonds is 5. The average molecular weight is 303 g/mol. The Morgan fingerprint density at radius 2 is 1.86 bits per heavy atom. The van der Waals surface area contributed by atoms with E-state index in [0.29, 0.717) is 24.5 Å². The second-order valence-corrected chi connectivity index (χ2v) is 6.26. The zero-order chi connectivity index (χ0) is 15.2. The number of amides is 1. The Bertz CT molecular complexity index is 509. The second-order valence-electron chi connectivity index (χ2n) is 6.26. The van der Waals surface area contributed by atoms with Gasteiger partial charge in [0, 0.05) is 12.1 Å². The van der Waals surface area contributed by atoms with Crippen molar-refractivity contribution in [2.75, 3.05) is 19.8 Å². The lowest BCUT2D eigenvalue weighted by molar-refractivity contribution is 0.0951. The molecule has 1 aromatic rings. The van der Waals surface area contributed by atoms with Gasteiger partial charge in [0.2, 0.25) is 0 Å². The Kier molecular flexibility index (Phi) is 5.20. The van der Waals surface area contributed by atoms with Crippen LogP contribution in [-0.2, 0) is 0 Å². The Hall–Kier alpha value is -1.71. The van der Waals surface area contributed by atoms with Gasteiger partial charge >= 0.3 is 0 Å². The van der Waals surface area contributed by atoms with E-state index in [1.807, 2.05) is 6.07 Å². The highest BCUT2D eigenvalue weighted by Gasteiger charge is 2.15. The van der Waals surface area contributed by atoms with Crippen molar-refractivity contribution in [2.45, 2.75) is 44.9 Å². The standard InChI is InChI=1S/C18H25NO3/c20-18(19-10-4-7-14-5-2-1-3-6-14)15-8-9-16-17(13-15)22-12-11-21-16/h8-9,13-14H,1-7,10-12H2,(H,19,20). The summed E-state index contributed by atoms with van der Waals surface area (Å²) < 4.78 is 11.0. The van der Waals surface area contributed by atoms with Crippen LogP contribution in [0.15, 0.2) is 18.2 Å². The lowest BCUT2D eigenvalue weighted by Gasteiger charge is -2.21. The molecule has 3 rings (SSSR count). The first-order valence-corrected chi connectivity index (χ1v) is 8.51. The fourth-order valence-corrected chi connectivity index (χ4v) is 3.36. The maximum absolute atomic E-state index is 12.2. The van der Waals surface area contributed by atoms with Gasteiger partial charge in [-0.1, -0.05) is 32.1 Å². The summed E-state index contributed by atoms with van der Waals surface area (Å²) in [6.07, 6.45) is 9.22. The first kappa shape index (κ1) is 15.2. The Labute approximate surface area is 132 Å². The van der Waals surface area contributed by atoms with E-state index in [4.69, 9.17) is 9.47 Å². The normalized spacial score (nSPS) is 18.0. The quantitative estimate of drug-likeness (QED) is 0.846. The summed E-state index contributed by atoms with van der Waals surface area (Å²) in [5.41, 5.74) is 0.641. The maximum Gasteiger partial charge on any atom is 0.251 e. The maximum atomic E-state index is 12.2. The zero-order valence-corrected chi connectivity index (χ0v) is 13.1. The van der Waals surface area contributed by atoms with Crippen molar-refractivity contribution < 1.29 is 14.3 Å². The Morgan fingerprint density at radius 3 is 2.68 bits per heavy atom. The van der Waals surface area contributed by atoms with Crippen LogP contribution in [0, 0.1) is 5.92 Å². The predicted octanol–water partition coefficient (Wildman–Crippen LogP) is 3.55. The van der Waals surface area contributed by atoms with Crippen LogP contribution >= 0.6 is 0 Å². The van der Waals surface area contributed by atoms with E-state index >= 15 is 0 Å². The van der Waals surface area contributed by atoms with Crippen LogP contribution in [-0.4, -0.2) is 25.7 Å². The van der Waals surface area contributed by atoms with Gasteiger partial charge in [0.05, 0.1) is 0 Å². The molecule has 1 amide bonds. The molecule has 1 N–H and O–H groups in total. The highest BCUT2D eigenvalue weighted by molar-refractivity contribution is 5.94. The third kappa shape index (κ3) is 3.93. The van der Waals surface area contributed by atoms with Gasteiger partial charge in [-0.2, -0.15) is 0 Å². The zero-order valence-electron chi connectivity index (χ0n) is 13.1. The van der Waals surface area contributed by atoms with E-state index in [1.54, 1.807) is 12.1 Å². The van der Waals surface area contributed by atoms with Crippen molar-refractivity contribution in [1.29, 1.82) is 0 Å². The van der Waals surface area contributed by atoms with Crippen molar-refractivity contribution in [3.63, 3.8) is 0 Å². The summed E-state index contributed by atoms with van der Waals surface area (Å²) in [6, 6.07) is 5.38. The summed E-state index contributed by atoms with van der Waals surface area (Å²) in [6.45, 7) is 1.86. The second kappa shape index (κ2) is 7.52. The fourth-order valence-electron chi connectivity index (χ4n) is 3.36. The number of hydrogen-bond acceptors (Lipinski definition) is 3. The van der Waals surface area contributed by atoms with Crippen molar-refractivity contribution in [3.8, 4) is 11.5 Å². The molecule has 1 fully saturated rings. The van der Waals surface area contributed by atoms with E-state index < -0.39 is 0 Å². The molecule has 4 heteroatoms. The SMILES string of the molecule is O=C(NCCCC1CCCCC1)c1ccc2c(c1)OCCO2. The monoisotopic (exact) mass is 303 g/mol. The summed E-state index contributed by atoms with van der Waals surface area (Å²) in [5, 5.41) is 3.01. The summed E-state index contributed by atoms with van der Waals surface area (Å²) in [5.74, 6) is 2.24. The number of carbonyl (C=O) groups is 1. The molecular weight excluding hydrogens is 278 g/mol. The molecule has 1 aliphatic heterocycles. The topological polar surface area (TPSA) is 47.6 Å². The van der Waals surface area contributed by atoms with Gasteiger partial charge in [-0.3, -0.25) is 4.79 Å². The molecule has 0 bridgehead atoms. The van der Waals surface area contributed by atoms with Crippen molar-refractivity contribution in [2.24, 2.45) is 5.92 Å². The lowest BCUT2D eigenvalue weighted by Crippen LogP contribution is -2.25. The van der Waals surface area contributed by atoms with Gasteiger partial charge in [0.15, 0.2) is 11.5 Å². The van der Waals surface area contributed by atoms with Gasteiger partial charge in [-0.15, -0.1) is 0 Å².